The molecule has 2 rings (SSSR count). The zero-order chi connectivity index (χ0) is 13.0. The van der Waals surface area contributed by atoms with Gasteiger partial charge in [0, 0.05) is 37.7 Å². The number of rotatable bonds is 4. The van der Waals surface area contributed by atoms with Crippen LogP contribution in [0.15, 0.2) is 0 Å². The maximum absolute atomic E-state index is 6.38. The molecule has 0 aromatic carbocycles. The molecule has 0 spiro atoms. The first-order valence-corrected chi connectivity index (χ1v) is 7.46. The minimum Gasteiger partial charge on any atom is -0.381 e. The van der Waals surface area contributed by atoms with Gasteiger partial charge in [-0.2, -0.15) is 0 Å². The van der Waals surface area contributed by atoms with Crippen molar-refractivity contribution < 1.29 is 4.74 Å². The Kier molecular flexibility index (Phi) is 5.42. The zero-order valence-electron chi connectivity index (χ0n) is 12.0. The fraction of sp³-hybridized carbons (Fsp3) is 1.00. The Morgan fingerprint density at radius 2 is 2.22 bits per heavy atom. The largest absolute Gasteiger partial charge is 0.381 e. The van der Waals surface area contributed by atoms with E-state index >= 15 is 0 Å². The molecule has 4 nitrogen and oxygen atoms in total. The lowest BCUT2D eigenvalue weighted by molar-refractivity contribution is 0.146. The van der Waals surface area contributed by atoms with Crippen LogP contribution in [0.25, 0.3) is 0 Å². The number of ether oxygens (including phenoxy) is 1. The van der Waals surface area contributed by atoms with Gasteiger partial charge in [0.15, 0.2) is 0 Å². The van der Waals surface area contributed by atoms with Crippen LogP contribution in [-0.4, -0.2) is 68.3 Å². The standard InChI is InChI=1S/C14H29N3O/c1-3-13-9-16(2)6-4-7-17(13)10-14(15)12-5-8-18-11-12/h12-14H,3-11,15H2,1-2H3. The molecule has 2 heterocycles. The van der Waals surface area contributed by atoms with Crippen LogP contribution in [0, 0.1) is 5.92 Å². The van der Waals surface area contributed by atoms with E-state index in [1.54, 1.807) is 0 Å². The van der Waals surface area contributed by atoms with Crippen molar-refractivity contribution in [2.24, 2.45) is 11.7 Å². The van der Waals surface area contributed by atoms with Crippen LogP contribution >= 0.6 is 0 Å². The molecule has 0 aromatic rings. The molecule has 3 unspecified atom stereocenters. The molecule has 106 valence electrons. The number of hydrogen-bond acceptors (Lipinski definition) is 4. The summed E-state index contributed by atoms with van der Waals surface area (Å²) in [5.74, 6) is 0.573. The van der Waals surface area contributed by atoms with Crippen molar-refractivity contribution in [2.75, 3.05) is 46.4 Å². The first-order chi connectivity index (χ1) is 8.70. The fourth-order valence-electron chi connectivity index (χ4n) is 3.23. The molecule has 0 bridgehead atoms. The van der Waals surface area contributed by atoms with Gasteiger partial charge in [0.25, 0.3) is 0 Å². The molecule has 0 aromatic heterocycles. The molecular weight excluding hydrogens is 226 g/mol. The normalized spacial score (nSPS) is 33.5. The third-order valence-electron chi connectivity index (χ3n) is 4.51. The number of nitrogens with two attached hydrogens (primary N) is 1. The summed E-state index contributed by atoms with van der Waals surface area (Å²) in [4.78, 5) is 5.07. The fourth-order valence-corrected chi connectivity index (χ4v) is 3.23. The van der Waals surface area contributed by atoms with Crippen LogP contribution in [0.1, 0.15) is 26.2 Å². The molecule has 2 aliphatic rings. The highest BCUT2D eigenvalue weighted by Crippen LogP contribution is 2.19. The predicted molar refractivity (Wildman–Crippen MR) is 74.7 cm³/mol. The summed E-state index contributed by atoms with van der Waals surface area (Å²) >= 11 is 0. The highest BCUT2D eigenvalue weighted by Gasteiger charge is 2.28. The van der Waals surface area contributed by atoms with Crippen LogP contribution < -0.4 is 5.73 Å². The molecule has 3 atom stereocenters. The summed E-state index contributed by atoms with van der Waals surface area (Å²) in [6.45, 7) is 8.70. The second-order valence-electron chi connectivity index (χ2n) is 5.96. The lowest BCUT2D eigenvalue weighted by Gasteiger charge is -2.33. The van der Waals surface area contributed by atoms with Crippen molar-refractivity contribution in [3.05, 3.63) is 0 Å². The second kappa shape index (κ2) is 6.85. The molecule has 2 aliphatic heterocycles. The van der Waals surface area contributed by atoms with Crippen molar-refractivity contribution >= 4 is 0 Å². The molecule has 18 heavy (non-hydrogen) atoms. The highest BCUT2D eigenvalue weighted by molar-refractivity contribution is 4.84. The molecule has 0 radical (unpaired) electrons. The van der Waals surface area contributed by atoms with Gasteiger partial charge in [-0.1, -0.05) is 6.92 Å². The Labute approximate surface area is 111 Å². The minimum atomic E-state index is 0.282. The second-order valence-corrected chi connectivity index (χ2v) is 5.96. The third kappa shape index (κ3) is 3.67. The molecule has 0 aliphatic carbocycles. The topological polar surface area (TPSA) is 41.7 Å². The van der Waals surface area contributed by atoms with Crippen LogP contribution in [0.5, 0.6) is 0 Å². The SMILES string of the molecule is CCC1CN(C)CCCN1CC(N)C1CCOC1. The van der Waals surface area contributed by atoms with Crippen LogP contribution in [-0.2, 0) is 4.74 Å². The van der Waals surface area contributed by atoms with E-state index in [1.165, 1.54) is 32.5 Å². The summed E-state index contributed by atoms with van der Waals surface area (Å²) in [6, 6.07) is 0.954. The van der Waals surface area contributed by atoms with Gasteiger partial charge < -0.3 is 15.4 Å². The van der Waals surface area contributed by atoms with Crippen LogP contribution in [0.2, 0.25) is 0 Å². The van der Waals surface area contributed by atoms with E-state index in [-0.39, 0.29) is 6.04 Å². The van der Waals surface area contributed by atoms with E-state index in [0.717, 1.165) is 26.2 Å². The minimum absolute atomic E-state index is 0.282. The average molecular weight is 255 g/mol. The number of likely N-dealkylation sites (N-methyl/N-ethyl adjacent to an activating group) is 1. The summed E-state index contributed by atoms with van der Waals surface area (Å²) in [7, 11) is 2.23. The van der Waals surface area contributed by atoms with Crippen molar-refractivity contribution in [1.29, 1.82) is 0 Å². The molecule has 2 fully saturated rings. The highest BCUT2D eigenvalue weighted by atomic mass is 16.5. The van der Waals surface area contributed by atoms with Gasteiger partial charge in [0.05, 0.1) is 6.61 Å². The lowest BCUT2D eigenvalue weighted by atomic mass is 9.98. The van der Waals surface area contributed by atoms with Crippen LogP contribution in [0.4, 0.5) is 0 Å². The van der Waals surface area contributed by atoms with E-state index < -0.39 is 0 Å². The van der Waals surface area contributed by atoms with E-state index in [4.69, 9.17) is 10.5 Å². The van der Waals surface area contributed by atoms with Crippen molar-refractivity contribution in [3.63, 3.8) is 0 Å². The quantitative estimate of drug-likeness (QED) is 0.805. The van der Waals surface area contributed by atoms with Crippen molar-refractivity contribution in [1.82, 2.24) is 9.80 Å². The first kappa shape index (κ1) is 14.3. The summed E-state index contributed by atoms with van der Waals surface area (Å²) in [6.07, 6.45) is 3.63. The number of hydrogen-bond donors (Lipinski definition) is 1. The van der Waals surface area contributed by atoms with Crippen molar-refractivity contribution in [3.8, 4) is 0 Å². The van der Waals surface area contributed by atoms with Gasteiger partial charge >= 0.3 is 0 Å². The molecule has 2 N–H and O–H groups in total. The van der Waals surface area contributed by atoms with E-state index in [2.05, 4.69) is 23.8 Å². The first-order valence-electron chi connectivity index (χ1n) is 7.46. The Morgan fingerprint density at radius 3 is 2.89 bits per heavy atom. The molecule has 0 amide bonds. The maximum atomic E-state index is 6.38. The Bertz CT molecular complexity index is 243. The predicted octanol–water partition coefficient (Wildman–Crippen LogP) is 0.766. The zero-order valence-corrected chi connectivity index (χ0v) is 12.0. The van der Waals surface area contributed by atoms with Gasteiger partial charge in [-0.15, -0.1) is 0 Å². The summed E-state index contributed by atoms with van der Waals surface area (Å²) in [5.41, 5.74) is 6.38. The monoisotopic (exact) mass is 255 g/mol. The van der Waals surface area contributed by atoms with E-state index in [1.807, 2.05) is 0 Å². The molecule has 2 saturated heterocycles. The molecule has 0 saturated carbocycles. The molecular formula is C14H29N3O. The van der Waals surface area contributed by atoms with Gasteiger partial charge in [0.2, 0.25) is 0 Å². The lowest BCUT2D eigenvalue weighted by Crippen LogP contribution is -2.48. The maximum Gasteiger partial charge on any atom is 0.0510 e. The van der Waals surface area contributed by atoms with E-state index in [9.17, 15) is 0 Å². The molecule has 4 heteroatoms. The van der Waals surface area contributed by atoms with Gasteiger partial charge in [-0.05, 0) is 39.4 Å². The Hall–Kier alpha value is -0.160. The Morgan fingerprint density at radius 1 is 1.39 bits per heavy atom. The summed E-state index contributed by atoms with van der Waals surface area (Å²) in [5, 5.41) is 0. The summed E-state index contributed by atoms with van der Waals surface area (Å²) < 4.78 is 5.46. The average Bonchev–Trinajstić information content (AvgIpc) is 2.83. The Balaban J connectivity index is 1.88. The van der Waals surface area contributed by atoms with E-state index in [0.29, 0.717) is 12.0 Å². The van der Waals surface area contributed by atoms with Gasteiger partial charge in [0.1, 0.15) is 0 Å². The van der Waals surface area contributed by atoms with Gasteiger partial charge in [-0.25, -0.2) is 0 Å². The van der Waals surface area contributed by atoms with Crippen molar-refractivity contribution in [2.45, 2.75) is 38.3 Å². The van der Waals surface area contributed by atoms with Gasteiger partial charge in [-0.3, -0.25) is 4.90 Å². The van der Waals surface area contributed by atoms with Crippen LogP contribution in [0.3, 0.4) is 0 Å². The smallest absolute Gasteiger partial charge is 0.0510 e. The third-order valence-corrected chi connectivity index (χ3v) is 4.51. The number of nitrogens with zero attached hydrogens (tertiary/aromatic N) is 2.